The Labute approximate surface area is 124 Å². The van der Waals surface area contributed by atoms with Gasteiger partial charge in [0.15, 0.2) is 0 Å². The Hall–Kier alpha value is -2.02. The van der Waals surface area contributed by atoms with E-state index in [9.17, 15) is 13.6 Å². The first-order valence-electron chi connectivity index (χ1n) is 6.44. The first kappa shape index (κ1) is 13.9. The fourth-order valence-electron chi connectivity index (χ4n) is 2.34. The van der Waals surface area contributed by atoms with Crippen molar-refractivity contribution in [1.82, 2.24) is 4.98 Å². The van der Waals surface area contributed by atoms with Gasteiger partial charge in [-0.1, -0.05) is 0 Å². The van der Waals surface area contributed by atoms with E-state index in [1.54, 1.807) is 22.7 Å². The molecule has 2 aromatic rings. The average molecular weight is 309 g/mol. The van der Waals surface area contributed by atoms with Crippen LogP contribution in [0.15, 0.2) is 29.9 Å². The molecular weight excluding hydrogens is 296 g/mol. The predicted octanol–water partition coefficient (Wildman–Crippen LogP) is 3.84. The maximum atomic E-state index is 12.6. The third kappa shape index (κ3) is 2.49. The molecule has 0 radical (unpaired) electrons. The van der Waals surface area contributed by atoms with E-state index >= 15 is 0 Å². The summed E-state index contributed by atoms with van der Waals surface area (Å²) in [6.45, 7) is 2.91. The third-order valence-corrected chi connectivity index (χ3v) is 4.37. The minimum atomic E-state index is -2.50. The molecule has 110 valence electrons. The summed E-state index contributed by atoms with van der Waals surface area (Å²) < 4.78 is 25.3. The van der Waals surface area contributed by atoms with Crippen LogP contribution >= 0.6 is 11.3 Å². The number of rotatable bonds is 3. The second-order valence-corrected chi connectivity index (χ2v) is 5.70. The van der Waals surface area contributed by atoms with Gasteiger partial charge >= 0.3 is 6.03 Å². The molecule has 1 fully saturated rings. The molecule has 7 heteroatoms. The molecule has 0 bridgehead atoms. The molecule has 1 aliphatic rings. The van der Waals surface area contributed by atoms with Gasteiger partial charge in [-0.3, -0.25) is 14.8 Å². The number of amides is 2. The predicted molar refractivity (Wildman–Crippen MR) is 78.3 cm³/mol. The van der Waals surface area contributed by atoms with Crippen molar-refractivity contribution in [1.29, 1.82) is 0 Å². The maximum absolute atomic E-state index is 12.6. The highest BCUT2D eigenvalue weighted by Crippen LogP contribution is 2.33. The van der Waals surface area contributed by atoms with Gasteiger partial charge in [-0.15, -0.1) is 11.3 Å². The van der Waals surface area contributed by atoms with Crippen LogP contribution in [0.1, 0.15) is 16.9 Å². The van der Waals surface area contributed by atoms with E-state index in [2.05, 4.69) is 4.98 Å². The Morgan fingerprint density at radius 2 is 2.10 bits per heavy atom. The first-order valence-corrected chi connectivity index (χ1v) is 7.32. The molecule has 1 saturated heterocycles. The lowest BCUT2D eigenvalue weighted by molar-refractivity contribution is 0.155. The summed E-state index contributed by atoms with van der Waals surface area (Å²) in [5.41, 5.74) is 2.25. The van der Waals surface area contributed by atoms with Crippen LogP contribution in [-0.2, 0) is 0 Å². The van der Waals surface area contributed by atoms with Crippen LogP contribution in [0.25, 0.3) is 0 Å². The quantitative estimate of drug-likeness (QED) is 0.864. The van der Waals surface area contributed by atoms with Gasteiger partial charge in [0.25, 0.3) is 6.43 Å². The van der Waals surface area contributed by atoms with Crippen molar-refractivity contribution in [2.45, 2.75) is 13.3 Å². The third-order valence-electron chi connectivity index (χ3n) is 3.44. The summed E-state index contributed by atoms with van der Waals surface area (Å²) in [4.78, 5) is 19.6. The molecule has 0 aliphatic carbocycles. The van der Waals surface area contributed by atoms with Crippen molar-refractivity contribution in [3.05, 3.63) is 40.3 Å². The van der Waals surface area contributed by atoms with Gasteiger partial charge in [0.2, 0.25) is 0 Å². The first-order chi connectivity index (χ1) is 10.1. The molecular formula is C14H13F2N3OS. The highest BCUT2D eigenvalue weighted by Gasteiger charge is 2.32. The van der Waals surface area contributed by atoms with Crippen LogP contribution in [0.2, 0.25) is 0 Å². The van der Waals surface area contributed by atoms with E-state index in [0.717, 1.165) is 22.6 Å². The van der Waals surface area contributed by atoms with Crippen molar-refractivity contribution in [2.24, 2.45) is 0 Å². The Morgan fingerprint density at radius 1 is 1.33 bits per heavy atom. The standard InChI is InChI=1S/C14H13F2N3OS/c1-9-2-3-17-7-11(9)19-5-4-18(14(19)20)10-6-12(13(15)16)21-8-10/h2-3,6-8,13H,4-5H2,1H3. The molecule has 21 heavy (non-hydrogen) atoms. The number of halogens is 2. The number of carbonyl (C=O) groups excluding carboxylic acids is 1. The molecule has 3 heterocycles. The normalized spacial score (nSPS) is 15.3. The Bertz CT molecular complexity index is 674. The van der Waals surface area contributed by atoms with Crippen LogP contribution < -0.4 is 9.80 Å². The Morgan fingerprint density at radius 3 is 2.76 bits per heavy atom. The van der Waals surface area contributed by atoms with Gasteiger partial charge in [-0.05, 0) is 24.6 Å². The van der Waals surface area contributed by atoms with Crippen LogP contribution in [0.5, 0.6) is 0 Å². The Balaban J connectivity index is 1.85. The number of alkyl halides is 2. The Kier molecular flexibility index (Phi) is 3.59. The van der Waals surface area contributed by atoms with Crippen molar-refractivity contribution in [3.63, 3.8) is 0 Å². The van der Waals surface area contributed by atoms with Crippen molar-refractivity contribution in [3.8, 4) is 0 Å². The van der Waals surface area contributed by atoms with Gasteiger partial charge < -0.3 is 0 Å². The highest BCUT2D eigenvalue weighted by atomic mass is 32.1. The summed E-state index contributed by atoms with van der Waals surface area (Å²) in [6, 6.07) is 3.02. The number of anilines is 2. The largest absolute Gasteiger partial charge is 0.329 e. The van der Waals surface area contributed by atoms with Crippen LogP contribution in [0, 0.1) is 6.92 Å². The zero-order chi connectivity index (χ0) is 15.0. The van der Waals surface area contributed by atoms with Crippen molar-refractivity contribution >= 4 is 28.7 Å². The number of carbonyl (C=O) groups is 1. The number of thiophene rings is 1. The van der Waals surface area contributed by atoms with E-state index in [0.29, 0.717) is 18.8 Å². The van der Waals surface area contributed by atoms with Gasteiger partial charge in [0.1, 0.15) is 0 Å². The van der Waals surface area contributed by atoms with E-state index in [-0.39, 0.29) is 10.9 Å². The van der Waals surface area contributed by atoms with E-state index < -0.39 is 6.43 Å². The topological polar surface area (TPSA) is 36.4 Å². The van der Waals surface area contributed by atoms with Gasteiger partial charge in [-0.2, -0.15) is 0 Å². The molecule has 0 aromatic carbocycles. The van der Waals surface area contributed by atoms with Crippen LogP contribution in [0.4, 0.5) is 25.0 Å². The zero-order valence-corrected chi connectivity index (χ0v) is 12.1. The fraction of sp³-hybridized carbons (Fsp3) is 0.286. The number of urea groups is 1. The summed E-state index contributed by atoms with van der Waals surface area (Å²) in [7, 11) is 0. The number of hydrogen-bond donors (Lipinski definition) is 0. The molecule has 1 aliphatic heterocycles. The minimum absolute atomic E-state index is 0.0196. The number of aromatic nitrogens is 1. The SMILES string of the molecule is Cc1ccncc1N1CCN(c2csc(C(F)F)c2)C1=O. The second-order valence-electron chi connectivity index (χ2n) is 4.76. The van der Waals surface area contributed by atoms with Crippen molar-refractivity contribution in [2.75, 3.05) is 22.9 Å². The van der Waals surface area contributed by atoms with Gasteiger partial charge in [0.05, 0.1) is 22.4 Å². The number of aryl methyl sites for hydroxylation is 1. The maximum Gasteiger partial charge on any atom is 0.329 e. The molecule has 0 N–H and O–H groups in total. The smallest absolute Gasteiger partial charge is 0.291 e. The minimum Gasteiger partial charge on any atom is -0.291 e. The molecule has 2 amide bonds. The summed E-state index contributed by atoms with van der Waals surface area (Å²) in [6.07, 6.45) is 0.818. The number of hydrogen-bond acceptors (Lipinski definition) is 3. The molecule has 0 unspecified atom stereocenters. The molecule has 4 nitrogen and oxygen atoms in total. The van der Waals surface area contributed by atoms with Gasteiger partial charge in [-0.25, -0.2) is 13.6 Å². The van der Waals surface area contributed by atoms with Gasteiger partial charge in [0, 0.05) is 24.7 Å². The zero-order valence-electron chi connectivity index (χ0n) is 11.3. The molecule has 0 spiro atoms. The molecule has 0 saturated carbocycles. The highest BCUT2D eigenvalue weighted by molar-refractivity contribution is 7.10. The van der Waals surface area contributed by atoms with E-state index in [4.69, 9.17) is 0 Å². The second kappa shape index (κ2) is 5.40. The average Bonchev–Trinajstić information content (AvgIpc) is 3.06. The molecule has 0 atom stereocenters. The summed E-state index contributed by atoms with van der Waals surface area (Å²) in [5.74, 6) is 0. The lowest BCUT2D eigenvalue weighted by atomic mass is 10.2. The molecule has 3 rings (SSSR count). The molecule has 2 aromatic heterocycles. The fourth-order valence-corrected chi connectivity index (χ4v) is 3.08. The van der Waals surface area contributed by atoms with Crippen LogP contribution in [0.3, 0.4) is 0 Å². The number of nitrogens with zero attached hydrogens (tertiary/aromatic N) is 3. The van der Waals surface area contributed by atoms with E-state index in [1.165, 1.54) is 11.0 Å². The lowest BCUT2D eigenvalue weighted by Gasteiger charge is -2.19. The lowest BCUT2D eigenvalue weighted by Crippen LogP contribution is -2.31. The summed E-state index contributed by atoms with van der Waals surface area (Å²) in [5, 5.41) is 1.60. The summed E-state index contributed by atoms with van der Waals surface area (Å²) >= 11 is 0.972. The number of pyridine rings is 1. The van der Waals surface area contributed by atoms with E-state index in [1.807, 2.05) is 13.0 Å². The monoisotopic (exact) mass is 309 g/mol. The van der Waals surface area contributed by atoms with Crippen molar-refractivity contribution < 1.29 is 13.6 Å². The van der Waals surface area contributed by atoms with Crippen LogP contribution in [-0.4, -0.2) is 24.1 Å².